The molecule has 2 aliphatic rings. The Morgan fingerprint density at radius 1 is 0.307 bits per heavy atom. The standard InChI is InChI=1S/C84H101N3S/c1-7-11-15-19-23-30-54-83(55-31-24-20-16-12-8-2)77-58-62(5)36-49-73(77)74-51-42-66(59-78(74)83)64-38-45-70(46-39-64)87(69-34-28-27-29-35-69)71-47-40-65(41-48-71)67-43-52-75-76-53-44-68(72-50-37-63(6)81-82(72)86-88-85-81)61-80(76)84(79(75)60-67,56-32-25-21-17-13-9-3)57-33-26-22-18-14-10-4/h27-29,34-53,58-61H,7-26,30-33,54-57H2,1-6H3. The molecule has 0 N–H and O–H groups in total. The van der Waals surface area contributed by atoms with Crippen LogP contribution in [0, 0.1) is 13.8 Å². The van der Waals surface area contributed by atoms with Crippen molar-refractivity contribution in [2.24, 2.45) is 0 Å². The van der Waals surface area contributed by atoms with Crippen LogP contribution in [0.3, 0.4) is 0 Å². The van der Waals surface area contributed by atoms with E-state index in [0.717, 1.165) is 28.1 Å². The fourth-order valence-electron chi connectivity index (χ4n) is 15.6. The van der Waals surface area contributed by atoms with E-state index in [1.165, 1.54) is 269 Å². The summed E-state index contributed by atoms with van der Waals surface area (Å²) in [4.78, 5) is 2.44. The molecular weight excluding hydrogens is 1080 g/mol. The second-order valence-electron chi connectivity index (χ2n) is 26.7. The van der Waals surface area contributed by atoms with Crippen molar-refractivity contribution in [3.05, 3.63) is 197 Å². The minimum absolute atomic E-state index is 0.0489. The fraction of sp³-hybridized carbons (Fsp3) is 0.429. The molecule has 0 fully saturated rings. The molecule has 0 radical (unpaired) electrons. The average molecular weight is 1180 g/mol. The van der Waals surface area contributed by atoms with Crippen LogP contribution >= 0.6 is 11.7 Å². The molecule has 0 aliphatic heterocycles. The Morgan fingerprint density at radius 3 is 1.09 bits per heavy atom. The predicted octanol–water partition coefficient (Wildman–Crippen LogP) is 26.3. The van der Waals surface area contributed by atoms with Gasteiger partial charge in [0.25, 0.3) is 0 Å². The third-order valence-corrected chi connectivity index (χ3v) is 21.1. The van der Waals surface area contributed by atoms with E-state index >= 15 is 0 Å². The molecule has 0 saturated heterocycles. The smallest absolute Gasteiger partial charge is 0.112 e. The Balaban J connectivity index is 0.911. The molecule has 4 heteroatoms. The molecule has 9 aromatic rings. The number of hydrogen-bond donors (Lipinski definition) is 0. The largest absolute Gasteiger partial charge is 0.311 e. The van der Waals surface area contributed by atoms with Crippen molar-refractivity contribution in [1.29, 1.82) is 0 Å². The SMILES string of the molecule is CCCCCCCCC1(CCCCCCCC)c2cc(C)ccc2-c2ccc(-c3ccc(N(c4ccccc4)c4ccc(-c5ccc6c(c5)C(CCCCCCCC)(CCCCCCCC)c5cc(-c7ccc(C)c8nsnc78)ccc5-6)cc4)cc3)cc21. The second-order valence-corrected chi connectivity index (χ2v) is 27.3. The number of para-hydroxylation sites is 1. The summed E-state index contributed by atoms with van der Waals surface area (Å²) in [5.41, 5.74) is 27.7. The van der Waals surface area contributed by atoms with E-state index in [-0.39, 0.29) is 10.8 Å². The number of hydrogen-bond acceptors (Lipinski definition) is 4. The van der Waals surface area contributed by atoms with E-state index in [0.29, 0.717) is 0 Å². The number of unbranched alkanes of at least 4 members (excludes halogenated alkanes) is 20. The molecule has 11 rings (SSSR count). The predicted molar refractivity (Wildman–Crippen MR) is 382 cm³/mol. The monoisotopic (exact) mass is 1180 g/mol. The van der Waals surface area contributed by atoms with Gasteiger partial charge in [-0.3, -0.25) is 0 Å². The molecule has 1 heterocycles. The molecule has 88 heavy (non-hydrogen) atoms. The molecule has 0 saturated carbocycles. The van der Waals surface area contributed by atoms with Gasteiger partial charge in [-0.25, -0.2) is 0 Å². The number of anilines is 3. The van der Waals surface area contributed by atoms with E-state index < -0.39 is 0 Å². The number of benzene rings is 8. The van der Waals surface area contributed by atoms with Crippen molar-refractivity contribution >= 4 is 39.8 Å². The van der Waals surface area contributed by atoms with Crippen LogP contribution in [-0.4, -0.2) is 8.75 Å². The van der Waals surface area contributed by atoms with Crippen molar-refractivity contribution in [2.45, 2.75) is 232 Å². The van der Waals surface area contributed by atoms with Crippen molar-refractivity contribution in [3.63, 3.8) is 0 Å². The molecule has 0 atom stereocenters. The van der Waals surface area contributed by atoms with E-state index in [4.69, 9.17) is 8.75 Å². The molecule has 458 valence electrons. The van der Waals surface area contributed by atoms with Gasteiger partial charge in [-0.2, -0.15) is 8.75 Å². The van der Waals surface area contributed by atoms with Gasteiger partial charge in [-0.1, -0.05) is 297 Å². The highest BCUT2D eigenvalue weighted by Crippen LogP contribution is 2.58. The quantitative estimate of drug-likeness (QED) is 0.0377. The lowest BCUT2D eigenvalue weighted by molar-refractivity contribution is 0.398. The zero-order valence-electron chi connectivity index (χ0n) is 54.6. The van der Waals surface area contributed by atoms with Crippen LogP contribution in [0.5, 0.6) is 0 Å². The maximum Gasteiger partial charge on any atom is 0.112 e. The third-order valence-electron chi connectivity index (χ3n) is 20.6. The van der Waals surface area contributed by atoms with Gasteiger partial charge in [0.2, 0.25) is 0 Å². The van der Waals surface area contributed by atoms with Crippen LogP contribution in [0.1, 0.15) is 241 Å². The van der Waals surface area contributed by atoms with Crippen LogP contribution in [0.25, 0.3) is 66.7 Å². The second kappa shape index (κ2) is 30.3. The molecule has 3 nitrogen and oxygen atoms in total. The van der Waals surface area contributed by atoms with Gasteiger partial charge in [0.1, 0.15) is 11.0 Å². The van der Waals surface area contributed by atoms with E-state index in [1.807, 2.05) is 0 Å². The summed E-state index contributed by atoms with van der Waals surface area (Å²) in [7, 11) is 0. The maximum absolute atomic E-state index is 4.88. The molecule has 0 bridgehead atoms. The first-order chi connectivity index (χ1) is 43.3. The Labute approximate surface area is 535 Å². The normalized spacial score (nSPS) is 13.4. The first kappa shape index (κ1) is 63.0. The van der Waals surface area contributed by atoms with Crippen molar-refractivity contribution < 1.29 is 0 Å². The molecule has 2 aliphatic carbocycles. The van der Waals surface area contributed by atoms with Crippen LogP contribution in [0.2, 0.25) is 0 Å². The molecular formula is C84H101N3S. The molecule has 8 aromatic carbocycles. The highest BCUT2D eigenvalue weighted by molar-refractivity contribution is 7.00. The van der Waals surface area contributed by atoms with E-state index in [9.17, 15) is 0 Å². The van der Waals surface area contributed by atoms with Gasteiger partial charge in [0.05, 0.1) is 11.7 Å². The van der Waals surface area contributed by atoms with Crippen molar-refractivity contribution in [1.82, 2.24) is 8.75 Å². The van der Waals surface area contributed by atoms with Crippen LogP contribution < -0.4 is 4.90 Å². The lowest BCUT2D eigenvalue weighted by Crippen LogP contribution is -2.25. The lowest BCUT2D eigenvalue weighted by atomic mass is 9.70. The summed E-state index contributed by atoms with van der Waals surface area (Å²) in [6, 6.07) is 64.2. The first-order valence-corrected chi connectivity index (χ1v) is 35.9. The molecule has 1 aromatic heterocycles. The van der Waals surface area contributed by atoms with Crippen molar-refractivity contribution in [3.8, 4) is 55.6 Å². The van der Waals surface area contributed by atoms with Crippen molar-refractivity contribution in [2.75, 3.05) is 4.90 Å². The Morgan fingerprint density at radius 2 is 0.648 bits per heavy atom. The Bertz CT molecular complexity index is 3650. The van der Waals surface area contributed by atoms with Crippen LogP contribution in [0.15, 0.2) is 164 Å². The minimum Gasteiger partial charge on any atom is -0.311 e. The zero-order valence-corrected chi connectivity index (χ0v) is 55.5. The van der Waals surface area contributed by atoms with Gasteiger partial charge in [0, 0.05) is 33.5 Å². The number of aryl methyl sites for hydroxylation is 2. The fourth-order valence-corrected chi connectivity index (χ4v) is 16.3. The molecule has 0 spiro atoms. The summed E-state index contributed by atoms with van der Waals surface area (Å²) in [5.74, 6) is 0. The number of fused-ring (bicyclic) bond motifs is 7. The average Bonchev–Trinajstić information content (AvgIpc) is 1.82. The van der Waals surface area contributed by atoms with E-state index in [2.05, 4.69) is 210 Å². The van der Waals surface area contributed by atoms with Gasteiger partial charge in [-0.05, 0) is 172 Å². The lowest BCUT2D eigenvalue weighted by Gasteiger charge is -2.33. The van der Waals surface area contributed by atoms with Crippen LogP contribution in [-0.2, 0) is 10.8 Å². The molecule has 0 amide bonds. The highest BCUT2D eigenvalue weighted by Gasteiger charge is 2.44. The highest BCUT2D eigenvalue weighted by atomic mass is 32.1. The first-order valence-electron chi connectivity index (χ1n) is 35.1. The number of nitrogens with zero attached hydrogens (tertiary/aromatic N) is 3. The summed E-state index contributed by atoms with van der Waals surface area (Å²) >= 11 is 1.33. The van der Waals surface area contributed by atoms with Crippen LogP contribution in [0.4, 0.5) is 17.1 Å². The topological polar surface area (TPSA) is 29.0 Å². The molecule has 0 unspecified atom stereocenters. The summed E-state index contributed by atoms with van der Waals surface area (Å²) < 4.78 is 9.63. The summed E-state index contributed by atoms with van der Waals surface area (Å²) in [6.45, 7) is 13.8. The third kappa shape index (κ3) is 13.7. The van der Waals surface area contributed by atoms with Gasteiger partial charge >= 0.3 is 0 Å². The number of aromatic nitrogens is 2. The zero-order chi connectivity index (χ0) is 60.7. The Hall–Kier alpha value is -6.62. The minimum atomic E-state index is -0.0688. The Kier molecular flexibility index (Phi) is 21.7. The van der Waals surface area contributed by atoms with Gasteiger partial charge in [-0.15, -0.1) is 0 Å². The maximum atomic E-state index is 4.88. The van der Waals surface area contributed by atoms with Gasteiger partial charge in [0.15, 0.2) is 0 Å². The number of rotatable bonds is 34. The summed E-state index contributed by atoms with van der Waals surface area (Å²) in [6.07, 6.45) is 36.3. The van der Waals surface area contributed by atoms with E-state index in [1.54, 1.807) is 11.1 Å². The summed E-state index contributed by atoms with van der Waals surface area (Å²) in [5, 5.41) is 0. The van der Waals surface area contributed by atoms with Gasteiger partial charge < -0.3 is 4.90 Å².